The number of halogens is 1. The summed E-state index contributed by atoms with van der Waals surface area (Å²) in [5, 5.41) is 11.5. The second-order valence-corrected chi connectivity index (χ2v) is 10.5. The van der Waals surface area contributed by atoms with E-state index in [1.807, 2.05) is 13.0 Å². The van der Waals surface area contributed by atoms with E-state index >= 15 is 0 Å². The van der Waals surface area contributed by atoms with Crippen molar-refractivity contribution in [2.75, 3.05) is 20.7 Å². The largest absolute Gasteiger partial charge is 0.466 e. The van der Waals surface area contributed by atoms with Gasteiger partial charge in [-0.15, -0.1) is 0 Å². The van der Waals surface area contributed by atoms with Crippen molar-refractivity contribution >= 4 is 55.6 Å². The van der Waals surface area contributed by atoms with Crippen LogP contribution in [0.25, 0.3) is 11.0 Å². The second-order valence-electron chi connectivity index (χ2n) is 8.64. The fourth-order valence-electron chi connectivity index (χ4n) is 4.07. The molecule has 10 nitrogen and oxygen atoms in total. The summed E-state index contributed by atoms with van der Waals surface area (Å²) in [5.41, 5.74) is 1.11. The molecule has 3 rings (SSSR count). The minimum absolute atomic E-state index is 0.00643. The number of nitro benzene ring substituents is 1. The lowest BCUT2D eigenvalue weighted by Gasteiger charge is -2.15. The number of hydrogen-bond acceptors (Lipinski definition) is 7. The first-order valence-corrected chi connectivity index (χ1v) is 13.4. The van der Waals surface area contributed by atoms with E-state index in [2.05, 4.69) is 15.9 Å². The summed E-state index contributed by atoms with van der Waals surface area (Å²) in [6.07, 6.45) is 1.31. The molecular formula is C25H29BrN4O6S. The van der Waals surface area contributed by atoms with E-state index in [-0.39, 0.29) is 47.2 Å². The summed E-state index contributed by atoms with van der Waals surface area (Å²) < 4.78 is 8.76. The standard InChI is InChI=1S/C25H29BrN4O6S/c1-5-9-16(23(31)36-6-2)14-28-19-10-7-8-11-20(19)29(24(28)32)15-17-12-18(26)13-21(30(34)35)22(17)37-25(33)27(3)4/h7-8,10-13,16H,5-6,9,14-15H2,1-4H3. The Balaban J connectivity index is 2.15. The van der Waals surface area contributed by atoms with Crippen LogP contribution in [0.2, 0.25) is 0 Å². The van der Waals surface area contributed by atoms with Gasteiger partial charge in [0.05, 0.1) is 39.9 Å². The molecule has 1 aromatic heterocycles. The Morgan fingerprint density at radius 1 is 1.16 bits per heavy atom. The highest BCUT2D eigenvalue weighted by Gasteiger charge is 2.26. The third-order valence-electron chi connectivity index (χ3n) is 5.78. The number of aromatic nitrogens is 2. The van der Waals surface area contributed by atoms with Crippen molar-refractivity contribution in [2.45, 2.75) is 44.7 Å². The number of benzene rings is 2. The first-order valence-electron chi connectivity index (χ1n) is 11.8. The molecule has 1 unspecified atom stereocenters. The van der Waals surface area contributed by atoms with E-state index in [1.165, 1.54) is 15.5 Å². The van der Waals surface area contributed by atoms with Crippen LogP contribution in [0.1, 0.15) is 32.3 Å². The second kappa shape index (κ2) is 12.4. The van der Waals surface area contributed by atoms with Crippen LogP contribution in [-0.4, -0.2) is 50.9 Å². The van der Waals surface area contributed by atoms with Gasteiger partial charge in [-0.05, 0) is 48.9 Å². The molecule has 0 aliphatic heterocycles. The summed E-state index contributed by atoms with van der Waals surface area (Å²) in [5.74, 6) is -0.839. The van der Waals surface area contributed by atoms with Crippen LogP contribution in [0.5, 0.6) is 0 Å². The molecule has 1 atom stereocenters. The van der Waals surface area contributed by atoms with Crippen LogP contribution in [0, 0.1) is 16.0 Å². The summed E-state index contributed by atoms with van der Waals surface area (Å²) >= 11 is 4.07. The number of thioether (sulfide) groups is 1. The van der Waals surface area contributed by atoms with E-state index in [4.69, 9.17) is 4.74 Å². The average molecular weight is 594 g/mol. The van der Waals surface area contributed by atoms with Gasteiger partial charge in [0.1, 0.15) is 0 Å². The minimum atomic E-state index is -0.541. The average Bonchev–Trinajstić information content (AvgIpc) is 3.10. The van der Waals surface area contributed by atoms with Crippen molar-refractivity contribution in [1.82, 2.24) is 14.0 Å². The third kappa shape index (κ3) is 6.42. The molecule has 0 bridgehead atoms. The molecule has 12 heteroatoms. The van der Waals surface area contributed by atoms with E-state index in [9.17, 15) is 24.5 Å². The molecular weight excluding hydrogens is 564 g/mol. The number of esters is 1. The molecule has 0 aliphatic carbocycles. The van der Waals surface area contributed by atoms with E-state index in [0.29, 0.717) is 27.5 Å². The van der Waals surface area contributed by atoms with Gasteiger partial charge in [-0.1, -0.05) is 41.4 Å². The fourth-order valence-corrected chi connectivity index (χ4v) is 5.41. The number of hydrogen-bond donors (Lipinski definition) is 0. The number of nitro groups is 1. The van der Waals surface area contributed by atoms with Crippen molar-refractivity contribution in [3.8, 4) is 0 Å². The lowest BCUT2D eigenvalue weighted by Crippen LogP contribution is -2.30. The molecule has 0 saturated heterocycles. The number of para-hydroxylation sites is 2. The van der Waals surface area contributed by atoms with Gasteiger partial charge in [0.2, 0.25) is 0 Å². The molecule has 2 aromatic carbocycles. The SMILES string of the molecule is CCCC(Cn1c(=O)n(Cc2cc(Br)cc([N+](=O)[O-])c2SC(=O)N(C)C)c2ccccc21)C(=O)OCC. The molecule has 0 fully saturated rings. The van der Waals surface area contributed by atoms with Crippen molar-refractivity contribution in [2.24, 2.45) is 5.92 Å². The highest BCUT2D eigenvalue weighted by Crippen LogP contribution is 2.37. The van der Waals surface area contributed by atoms with E-state index in [0.717, 1.165) is 18.2 Å². The Morgan fingerprint density at radius 3 is 2.38 bits per heavy atom. The van der Waals surface area contributed by atoms with Crippen LogP contribution in [0.3, 0.4) is 0 Å². The third-order valence-corrected chi connectivity index (χ3v) is 7.45. The molecule has 0 saturated carbocycles. The maximum absolute atomic E-state index is 13.7. The Hall–Kier alpha value is -3.12. The number of rotatable bonds is 10. The molecule has 0 N–H and O–H groups in total. The Bertz CT molecular complexity index is 1380. The molecule has 37 heavy (non-hydrogen) atoms. The van der Waals surface area contributed by atoms with Gasteiger partial charge in [-0.2, -0.15) is 0 Å². The number of ether oxygens (including phenoxy) is 1. The van der Waals surface area contributed by atoms with E-state index in [1.54, 1.807) is 49.9 Å². The normalized spacial score (nSPS) is 11.9. The lowest BCUT2D eigenvalue weighted by atomic mass is 10.0. The zero-order valence-corrected chi connectivity index (χ0v) is 23.5. The summed E-state index contributed by atoms with van der Waals surface area (Å²) in [7, 11) is 3.13. The van der Waals surface area contributed by atoms with Gasteiger partial charge >= 0.3 is 11.7 Å². The zero-order chi connectivity index (χ0) is 27.3. The maximum Gasteiger partial charge on any atom is 0.329 e. The number of carbonyl (C=O) groups is 2. The first-order chi connectivity index (χ1) is 17.6. The molecule has 3 aromatic rings. The molecule has 1 heterocycles. The van der Waals surface area contributed by atoms with Gasteiger partial charge in [0.15, 0.2) is 0 Å². The summed E-state index contributed by atoms with van der Waals surface area (Å²) in [6, 6.07) is 10.2. The molecule has 198 valence electrons. The Kier molecular flexibility index (Phi) is 9.55. The van der Waals surface area contributed by atoms with Crippen molar-refractivity contribution in [3.05, 3.63) is 67.0 Å². The number of nitrogens with zero attached hydrogens (tertiary/aromatic N) is 4. The Morgan fingerprint density at radius 2 is 1.81 bits per heavy atom. The smallest absolute Gasteiger partial charge is 0.329 e. The van der Waals surface area contributed by atoms with Gasteiger partial charge < -0.3 is 9.64 Å². The zero-order valence-electron chi connectivity index (χ0n) is 21.1. The molecule has 1 amide bonds. The number of carbonyl (C=O) groups excluding carboxylic acids is 2. The van der Waals surface area contributed by atoms with Gasteiger partial charge in [0.25, 0.3) is 10.9 Å². The lowest BCUT2D eigenvalue weighted by molar-refractivity contribution is -0.387. The molecule has 0 radical (unpaired) electrons. The number of fused-ring (bicyclic) bond motifs is 1. The Labute approximate surface area is 226 Å². The quantitative estimate of drug-likeness (QED) is 0.136. The van der Waals surface area contributed by atoms with Crippen molar-refractivity contribution in [1.29, 1.82) is 0 Å². The predicted octanol–water partition coefficient (Wildman–Crippen LogP) is 5.28. The van der Waals surface area contributed by atoms with Crippen molar-refractivity contribution in [3.63, 3.8) is 0 Å². The highest BCUT2D eigenvalue weighted by molar-refractivity contribution is 9.10. The monoisotopic (exact) mass is 592 g/mol. The highest BCUT2D eigenvalue weighted by atomic mass is 79.9. The minimum Gasteiger partial charge on any atom is -0.466 e. The molecule has 0 aliphatic rings. The summed E-state index contributed by atoms with van der Waals surface area (Å²) in [4.78, 5) is 51.6. The maximum atomic E-state index is 13.7. The molecule has 0 spiro atoms. The fraction of sp³-hybridized carbons (Fsp3) is 0.400. The number of imidazole rings is 1. The predicted molar refractivity (Wildman–Crippen MR) is 146 cm³/mol. The van der Waals surface area contributed by atoms with Crippen molar-refractivity contribution < 1.29 is 19.2 Å². The van der Waals surface area contributed by atoms with E-state index < -0.39 is 10.8 Å². The summed E-state index contributed by atoms with van der Waals surface area (Å²) in [6.45, 7) is 4.11. The van der Waals surface area contributed by atoms with Gasteiger partial charge in [-0.25, -0.2) is 4.79 Å². The van der Waals surface area contributed by atoms with Crippen LogP contribution in [0.4, 0.5) is 10.5 Å². The first kappa shape index (κ1) is 28.5. The van der Waals surface area contributed by atoms with Gasteiger partial charge in [0, 0.05) is 31.2 Å². The number of amides is 1. The van der Waals surface area contributed by atoms with Gasteiger partial charge in [-0.3, -0.25) is 28.8 Å². The van der Waals surface area contributed by atoms with Crippen LogP contribution in [-0.2, 0) is 22.6 Å². The topological polar surface area (TPSA) is 117 Å². The van der Waals surface area contributed by atoms with Crippen LogP contribution < -0.4 is 5.69 Å². The van der Waals surface area contributed by atoms with Crippen LogP contribution >= 0.6 is 27.7 Å². The van der Waals surface area contributed by atoms with Crippen LogP contribution in [0.15, 0.2) is 50.6 Å².